The molecule has 0 aliphatic carbocycles. The second-order valence-corrected chi connectivity index (χ2v) is 16.5. The van der Waals surface area contributed by atoms with Gasteiger partial charge in [-0.05, 0) is 0 Å². The topological polar surface area (TPSA) is 94.2 Å². The van der Waals surface area contributed by atoms with Gasteiger partial charge in [0.15, 0.2) is 0 Å². The third-order valence-electron chi connectivity index (χ3n) is 3.29. The second kappa shape index (κ2) is 5.25. The molecule has 134 valence electrons. The standard InChI is InChI=1S/C12H8AsF4N3O4S/c1-13(2)25(21,22)20-7-4-9-8(3-6(7)19-10(20)5-18)23-11(14,15)12(16,17)24-9/h3-4H,1-2H3. The van der Waals surface area contributed by atoms with E-state index in [1.807, 2.05) is 0 Å². The molecule has 0 N–H and O–H groups in total. The summed E-state index contributed by atoms with van der Waals surface area (Å²) in [7, 11) is -3.94. The average Bonchev–Trinajstić information content (AvgIpc) is 2.83. The third kappa shape index (κ3) is 2.53. The molecule has 0 radical (unpaired) electrons. The Kier molecular flexibility index (Phi) is 3.74. The Labute approximate surface area is 142 Å². The average molecular weight is 441 g/mol. The molecule has 7 nitrogen and oxygen atoms in total. The van der Waals surface area contributed by atoms with Crippen molar-refractivity contribution in [3.8, 4) is 17.6 Å². The van der Waals surface area contributed by atoms with Crippen LogP contribution in [0.1, 0.15) is 5.82 Å². The molecule has 1 aromatic heterocycles. The van der Waals surface area contributed by atoms with Crippen molar-refractivity contribution in [3.05, 3.63) is 18.0 Å². The molecule has 0 saturated carbocycles. The van der Waals surface area contributed by atoms with Crippen LogP contribution >= 0.6 is 0 Å². The zero-order valence-electron chi connectivity index (χ0n) is 12.5. The van der Waals surface area contributed by atoms with Crippen molar-refractivity contribution in [2.75, 3.05) is 0 Å². The summed E-state index contributed by atoms with van der Waals surface area (Å²) in [5.74, 6) is -2.04. The van der Waals surface area contributed by atoms with Crippen LogP contribution in [0, 0.1) is 11.3 Å². The molecule has 0 atom stereocenters. The van der Waals surface area contributed by atoms with Gasteiger partial charge in [-0.1, -0.05) is 0 Å². The first-order valence-electron chi connectivity index (χ1n) is 6.44. The normalized spacial score (nSPS) is 18.3. The molecule has 25 heavy (non-hydrogen) atoms. The molecular weight excluding hydrogens is 433 g/mol. The number of benzene rings is 1. The van der Waals surface area contributed by atoms with E-state index in [0.717, 1.165) is 12.1 Å². The Balaban J connectivity index is 2.32. The molecule has 2 aromatic rings. The summed E-state index contributed by atoms with van der Waals surface area (Å²) in [5, 5.41) is 9.11. The van der Waals surface area contributed by atoms with Crippen molar-refractivity contribution >= 4 is 32.8 Å². The molecule has 0 bridgehead atoms. The van der Waals surface area contributed by atoms with Gasteiger partial charge in [0.25, 0.3) is 0 Å². The van der Waals surface area contributed by atoms with Crippen LogP contribution in [0.5, 0.6) is 11.5 Å². The SMILES string of the molecule is C[As](C)S(=O)(=O)n1c(C#N)nc2cc3c(cc21)OC(F)(F)C(F)(F)O3. The number of alkyl halides is 4. The number of hydrogen-bond acceptors (Lipinski definition) is 6. The van der Waals surface area contributed by atoms with Crippen LogP contribution in [0.2, 0.25) is 11.4 Å². The number of ether oxygens (including phenoxy) is 2. The fourth-order valence-corrected chi connectivity index (χ4v) is 6.20. The molecule has 0 unspecified atom stereocenters. The van der Waals surface area contributed by atoms with Gasteiger partial charge in [0.1, 0.15) is 0 Å². The van der Waals surface area contributed by atoms with E-state index < -0.39 is 51.3 Å². The van der Waals surface area contributed by atoms with Crippen LogP contribution in [0.25, 0.3) is 11.0 Å². The fourth-order valence-electron chi connectivity index (χ4n) is 2.09. The molecule has 0 amide bonds. The van der Waals surface area contributed by atoms with Crippen LogP contribution < -0.4 is 9.47 Å². The monoisotopic (exact) mass is 441 g/mol. The summed E-state index contributed by atoms with van der Waals surface area (Å²) < 4.78 is 86.7. The van der Waals surface area contributed by atoms with Crippen molar-refractivity contribution in [3.63, 3.8) is 0 Å². The molecule has 3 rings (SSSR count). The molecule has 0 fully saturated rings. The molecular formula is C12H8AsF4N3O4S. The summed E-state index contributed by atoms with van der Waals surface area (Å²) >= 11 is -2.47. The van der Waals surface area contributed by atoms with Crippen LogP contribution in [0.4, 0.5) is 17.6 Å². The van der Waals surface area contributed by atoms with Gasteiger partial charge in [0.2, 0.25) is 0 Å². The molecule has 1 aliphatic rings. The fraction of sp³-hybridized carbons (Fsp3) is 0.333. The number of hydrogen-bond donors (Lipinski definition) is 0. The molecule has 0 spiro atoms. The summed E-state index contributed by atoms with van der Waals surface area (Å²) in [6.45, 7) is 0. The van der Waals surface area contributed by atoms with Crippen LogP contribution in [-0.2, 0) is 8.29 Å². The molecule has 0 saturated heterocycles. The number of rotatable bonds is 2. The van der Waals surface area contributed by atoms with Gasteiger partial charge in [0, 0.05) is 0 Å². The van der Waals surface area contributed by atoms with Crippen molar-refractivity contribution in [2.45, 2.75) is 23.6 Å². The van der Waals surface area contributed by atoms with E-state index in [2.05, 4.69) is 14.5 Å². The number of imidazole rings is 1. The second-order valence-electron chi connectivity index (χ2n) is 5.13. The maximum absolute atomic E-state index is 13.3. The van der Waals surface area contributed by atoms with E-state index in [9.17, 15) is 26.0 Å². The predicted octanol–water partition coefficient (Wildman–Crippen LogP) is 2.29. The van der Waals surface area contributed by atoms with Gasteiger partial charge < -0.3 is 0 Å². The zero-order valence-corrected chi connectivity index (χ0v) is 15.2. The van der Waals surface area contributed by atoms with E-state index in [1.165, 1.54) is 11.4 Å². The summed E-state index contributed by atoms with van der Waals surface area (Å²) in [4.78, 5) is 3.75. The van der Waals surface area contributed by atoms with Crippen molar-refractivity contribution in [1.29, 1.82) is 5.26 Å². The van der Waals surface area contributed by atoms with Crippen molar-refractivity contribution < 1.29 is 35.5 Å². The van der Waals surface area contributed by atoms with Gasteiger partial charge >= 0.3 is 142 Å². The Morgan fingerprint density at radius 2 is 1.68 bits per heavy atom. The van der Waals surface area contributed by atoms with Crippen molar-refractivity contribution in [1.82, 2.24) is 8.96 Å². The zero-order chi connectivity index (χ0) is 18.8. The van der Waals surface area contributed by atoms with E-state index in [-0.39, 0.29) is 11.0 Å². The first-order valence-corrected chi connectivity index (χ1v) is 13.9. The number of fused-ring (bicyclic) bond motifs is 2. The van der Waals surface area contributed by atoms with Gasteiger partial charge in [-0.3, -0.25) is 0 Å². The number of nitrogens with zero attached hydrogens (tertiary/aromatic N) is 3. The van der Waals surface area contributed by atoms with E-state index >= 15 is 0 Å². The quantitative estimate of drug-likeness (QED) is 0.525. The van der Waals surface area contributed by atoms with Crippen LogP contribution in [0.15, 0.2) is 12.1 Å². The molecule has 13 heteroatoms. The van der Waals surface area contributed by atoms with Gasteiger partial charge in [-0.25, -0.2) is 0 Å². The Morgan fingerprint density at radius 3 is 2.16 bits per heavy atom. The molecule has 1 aliphatic heterocycles. The first kappa shape index (κ1) is 17.8. The van der Waals surface area contributed by atoms with E-state index in [1.54, 1.807) is 6.07 Å². The maximum atomic E-state index is 13.3. The van der Waals surface area contributed by atoms with E-state index in [0.29, 0.717) is 3.97 Å². The van der Waals surface area contributed by atoms with Gasteiger partial charge in [-0.15, -0.1) is 0 Å². The summed E-state index contributed by atoms with van der Waals surface area (Å²) in [6, 6.07) is 3.20. The number of aromatic nitrogens is 2. The molecule has 1 aromatic carbocycles. The van der Waals surface area contributed by atoms with Crippen LogP contribution in [-0.4, -0.2) is 43.1 Å². The summed E-state index contributed by atoms with van der Waals surface area (Å²) in [6.07, 6.45) is -9.85. The number of nitriles is 1. The Hall–Kier alpha value is -1.99. The van der Waals surface area contributed by atoms with Crippen molar-refractivity contribution in [2.24, 2.45) is 0 Å². The minimum atomic E-state index is -4.94. The molecule has 2 heterocycles. The third-order valence-corrected chi connectivity index (χ3v) is 11.9. The van der Waals surface area contributed by atoms with Crippen LogP contribution in [0.3, 0.4) is 0 Å². The Bertz CT molecular complexity index is 1030. The minimum absolute atomic E-state index is 0.181. The summed E-state index contributed by atoms with van der Waals surface area (Å²) in [5.41, 5.74) is 2.56. The predicted molar refractivity (Wildman–Crippen MR) is 77.4 cm³/mol. The first-order chi connectivity index (χ1) is 11.4. The van der Waals surface area contributed by atoms with Gasteiger partial charge in [-0.2, -0.15) is 0 Å². The number of halogens is 4. The Morgan fingerprint density at radius 1 is 1.16 bits per heavy atom. The van der Waals surface area contributed by atoms with Gasteiger partial charge in [0.05, 0.1) is 0 Å². The van der Waals surface area contributed by atoms with E-state index in [4.69, 9.17) is 5.26 Å².